The second-order valence-corrected chi connectivity index (χ2v) is 13.4. The van der Waals surface area contributed by atoms with Gasteiger partial charge in [-0.15, -0.1) is 0 Å². The van der Waals surface area contributed by atoms with Gasteiger partial charge in [0.15, 0.2) is 0 Å². The molecule has 0 spiro atoms. The summed E-state index contributed by atoms with van der Waals surface area (Å²) in [7, 11) is -19.3. The van der Waals surface area contributed by atoms with Gasteiger partial charge in [0.25, 0.3) is 0 Å². The summed E-state index contributed by atoms with van der Waals surface area (Å²) in [5.74, 6) is 0. The molecule has 2 unspecified atom stereocenters. The molecule has 40 heavy (non-hydrogen) atoms. The third kappa shape index (κ3) is 48.7. The molecule has 22 heteroatoms. The van der Waals surface area contributed by atoms with Crippen molar-refractivity contribution in [2.45, 2.75) is 90.9 Å². The van der Waals surface area contributed by atoms with Crippen molar-refractivity contribution < 1.29 is 99.2 Å². The van der Waals surface area contributed by atoms with Crippen LogP contribution in [0.1, 0.15) is 90.9 Å². The van der Waals surface area contributed by atoms with Crippen LogP contribution in [0.3, 0.4) is 0 Å². The zero-order valence-electron chi connectivity index (χ0n) is 22.9. The third-order valence-electron chi connectivity index (χ3n) is 4.02. The van der Waals surface area contributed by atoms with E-state index in [9.17, 15) is 18.3 Å². The average molecular weight is 706 g/mol. The molecule has 0 amide bonds. The average Bonchev–Trinajstić information content (AvgIpc) is 2.81. The second-order valence-electron chi connectivity index (χ2n) is 7.73. The Hall–Kier alpha value is 0.954. The van der Waals surface area contributed by atoms with E-state index in [0.29, 0.717) is 12.8 Å². The molecule has 0 aromatic heterocycles. The Kier molecular flexibility index (Phi) is 35.9. The van der Waals surface area contributed by atoms with E-state index in [4.69, 9.17) is 42.9 Å². The summed E-state index contributed by atoms with van der Waals surface area (Å²) in [6.07, 6.45) is 11.6. The molecule has 0 rings (SSSR count). The van der Waals surface area contributed by atoms with Crippen molar-refractivity contribution >= 4 is 31.3 Å². The third-order valence-corrected chi connectivity index (χ3v) is 8.39. The molecule has 244 valence electrons. The molecule has 0 bridgehead atoms. The van der Waals surface area contributed by atoms with Crippen molar-refractivity contribution in [1.82, 2.24) is 0 Å². The number of aliphatic hydroxyl groups is 2. The van der Waals surface area contributed by atoms with Crippen LogP contribution in [0.5, 0.6) is 0 Å². The first kappa shape index (κ1) is 47.9. The minimum absolute atomic E-state index is 0.0557. The topological polar surface area (TPSA) is 284 Å². The Balaban J connectivity index is -0.000000270. The summed E-state index contributed by atoms with van der Waals surface area (Å²) >= 11 is 0.750. The molecule has 0 heterocycles. The molecule has 0 aromatic rings. The van der Waals surface area contributed by atoms with Gasteiger partial charge < -0.3 is 39.6 Å². The van der Waals surface area contributed by atoms with Crippen molar-refractivity contribution in [3.63, 3.8) is 0 Å². The van der Waals surface area contributed by atoms with E-state index in [0.717, 1.165) is 84.6 Å². The number of rotatable bonds is 21. The summed E-state index contributed by atoms with van der Waals surface area (Å²) in [5.41, 5.74) is 0. The number of hydrogen-bond acceptors (Lipinski definition) is 11. The summed E-state index contributed by atoms with van der Waals surface area (Å²) < 4.78 is 66.9. The van der Waals surface area contributed by atoms with Crippen LogP contribution < -0.4 is 0 Å². The Morgan fingerprint density at radius 1 is 0.500 bits per heavy atom. The first-order chi connectivity index (χ1) is 18.4. The standard InChI is InChI=1S/2C8H20O7P2.C2H6O2.O.Ti/c2*1-2-3-4-5-6-7-8-14-17(12,13)15-16(9,10)11;3-1-2-4;;/h2*2-8H2,1H3,(H,12,13)(H2,9,10,11);3-4H,1-2H2;;. The fourth-order valence-corrected chi connectivity index (χ4v) is 5.69. The number of phosphoric ester groups is 2. The van der Waals surface area contributed by atoms with Gasteiger partial charge in [-0.25, -0.2) is 18.3 Å². The van der Waals surface area contributed by atoms with Crippen LogP contribution in [-0.4, -0.2) is 66.0 Å². The van der Waals surface area contributed by atoms with Crippen molar-refractivity contribution in [3.8, 4) is 0 Å². The normalized spacial score (nSPS) is 14.2. The van der Waals surface area contributed by atoms with Gasteiger partial charge in [0.2, 0.25) is 0 Å². The molecular weight excluding hydrogens is 660 g/mol. The van der Waals surface area contributed by atoms with E-state index in [1.54, 1.807) is 0 Å². The summed E-state index contributed by atoms with van der Waals surface area (Å²) in [6.45, 7) is 3.84. The van der Waals surface area contributed by atoms with Crippen LogP contribution >= 0.6 is 31.3 Å². The molecule has 0 saturated carbocycles. The number of phosphoric acid groups is 4. The molecule has 0 aliphatic rings. The Bertz CT molecular complexity index is 688. The number of aliphatic hydroxyl groups excluding tert-OH is 2. The Labute approximate surface area is 247 Å². The van der Waals surface area contributed by atoms with Crippen LogP contribution in [0.15, 0.2) is 0 Å². The maximum atomic E-state index is 11.0. The van der Waals surface area contributed by atoms with Gasteiger partial charge in [-0.2, -0.15) is 8.62 Å². The van der Waals surface area contributed by atoms with Crippen LogP contribution in [0.25, 0.3) is 0 Å². The van der Waals surface area contributed by atoms with Crippen molar-refractivity contribution in [3.05, 3.63) is 0 Å². The SMILES string of the molecule is CCCCCCCCOP(=O)(O)OP(=O)(O)O.CCCCCCCCOP(=O)(O)OP(=O)(O)O.OCCO.[O]=[Ti]. The van der Waals surface area contributed by atoms with Crippen LogP contribution in [0, 0.1) is 0 Å². The second kappa shape index (κ2) is 30.0. The van der Waals surface area contributed by atoms with E-state index < -0.39 is 31.3 Å². The Morgan fingerprint density at radius 2 is 0.750 bits per heavy atom. The number of hydrogen-bond donors (Lipinski definition) is 8. The van der Waals surface area contributed by atoms with Crippen LogP contribution in [-0.2, 0) is 59.7 Å². The fourth-order valence-electron chi connectivity index (χ4n) is 2.44. The molecule has 2 atom stereocenters. The summed E-state index contributed by atoms with van der Waals surface area (Å²) in [6, 6.07) is 0. The van der Waals surface area contributed by atoms with Crippen molar-refractivity contribution in [2.75, 3.05) is 26.4 Å². The maximum absolute atomic E-state index is 11.0. The molecule has 0 aliphatic carbocycles. The summed E-state index contributed by atoms with van der Waals surface area (Å²) in [4.78, 5) is 51.1. The van der Waals surface area contributed by atoms with Gasteiger partial charge >= 0.3 is 55.0 Å². The fraction of sp³-hybridized carbons (Fsp3) is 1.00. The zero-order valence-corrected chi connectivity index (χ0v) is 28.0. The number of unbranched alkanes of at least 4 members (excludes halogenated alkanes) is 10. The molecule has 0 saturated heterocycles. The molecule has 0 aromatic carbocycles. The quantitative estimate of drug-likeness (QED) is 0.0475. The van der Waals surface area contributed by atoms with Crippen LogP contribution in [0.4, 0.5) is 0 Å². The monoisotopic (exact) mass is 706 g/mol. The van der Waals surface area contributed by atoms with Gasteiger partial charge in [-0.05, 0) is 12.8 Å². The molecule has 0 radical (unpaired) electrons. The molecule has 0 fully saturated rings. The minimum atomic E-state index is -5.00. The van der Waals surface area contributed by atoms with E-state index in [1.807, 2.05) is 0 Å². The van der Waals surface area contributed by atoms with Gasteiger partial charge in [-0.1, -0.05) is 78.1 Å². The van der Waals surface area contributed by atoms with E-state index in [-0.39, 0.29) is 26.4 Å². The first-order valence-electron chi connectivity index (χ1n) is 12.4. The van der Waals surface area contributed by atoms with Crippen molar-refractivity contribution in [2.24, 2.45) is 0 Å². The van der Waals surface area contributed by atoms with Gasteiger partial charge in [0.05, 0.1) is 26.4 Å². The van der Waals surface area contributed by atoms with Gasteiger partial charge in [0, 0.05) is 0 Å². The molecule has 8 N–H and O–H groups in total. The van der Waals surface area contributed by atoms with Crippen molar-refractivity contribution in [1.29, 1.82) is 0 Å². The summed E-state index contributed by atoms with van der Waals surface area (Å²) in [5, 5.41) is 15.2. The molecular formula is C18H46O17P4Ti. The van der Waals surface area contributed by atoms with Gasteiger partial charge in [-0.3, -0.25) is 9.05 Å². The predicted molar refractivity (Wildman–Crippen MR) is 139 cm³/mol. The van der Waals surface area contributed by atoms with E-state index >= 15 is 0 Å². The van der Waals surface area contributed by atoms with E-state index in [2.05, 4.69) is 31.5 Å². The molecule has 17 nitrogen and oxygen atoms in total. The first-order valence-corrected chi connectivity index (χ1v) is 19.0. The van der Waals surface area contributed by atoms with Gasteiger partial charge in [0.1, 0.15) is 0 Å². The predicted octanol–water partition coefficient (Wildman–Crippen LogP) is 4.00. The zero-order chi connectivity index (χ0) is 32.1. The molecule has 0 aliphatic heterocycles. The van der Waals surface area contributed by atoms with Crippen LogP contribution in [0.2, 0.25) is 0 Å². The Morgan fingerprint density at radius 3 is 0.975 bits per heavy atom. The van der Waals surface area contributed by atoms with E-state index in [1.165, 1.54) is 0 Å².